The molecule has 4 saturated heterocycles. The summed E-state index contributed by atoms with van der Waals surface area (Å²) in [5.41, 5.74) is 4.41. The number of nitrogens with zero attached hydrogens (tertiary/aromatic N) is 9. The third-order valence-electron chi connectivity index (χ3n) is 18.2. The molecule has 74 heavy (non-hydrogen) atoms. The number of piperidine rings is 4. The molecule has 0 radical (unpaired) electrons. The predicted molar refractivity (Wildman–Crippen MR) is 283 cm³/mol. The molecule has 1 unspecified atom stereocenters. The summed E-state index contributed by atoms with van der Waals surface area (Å²) in [6.07, 6.45) is 15.8. The first-order valence-electron chi connectivity index (χ1n) is 27.8. The van der Waals surface area contributed by atoms with Crippen molar-refractivity contribution in [3.05, 3.63) is 60.0 Å². The Morgan fingerprint density at radius 1 is 0.851 bits per heavy atom. The van der Waals surface area contributed by atoms with Crippen LogP contribution >= 0.6 is 0 Å². The summed E-state index contributed by atoms with van der Waals surface area (Å²) in [6, 6.07) is 13.5. The molecule has 1 spiro atoms. The maximum absolute atomic E-state index is 15.4. The van der Waals surface area contributed by atoms with Gasteiger partial charge in [0.2, 0.25) is 23.6 Å². The van der Waals surface area contributed by atoms with Crippen LogP contribution in [0.2, 0.25) is 0 Å². The van der Waals surface area contributed by atoms with Crippen LogP contribution in [0.4, 0.5) is 21.7 Å². The fraction of sp³-hybridized carbons (Fsp3) is 0.614. The Balaban J connectivity index is 0.754. The summed E-state index contributed by atoms with van der Waals surface area (Å²) < 4.78 is 17.6. The minimum atomic E-state index is -1.20. The van der Waals surface area contributed by atoms with E-state index in [0.717, 1.165) is 95.8 Å². The minimum absolute atomic E-state index is 0.0600. The van der Waals surface area contributed by atoms with Gasteiger partial charge < -0.3 is 44.5 Å². The van der Waals surface area contributed by atoms with Crippen molar-refractivity contribution in [3.8, 4) is 11.3 Å². The summed E-state index contributed by atoms with van der Waals surface area (Å²) in [6.45, 7) is 8.45. The molecule has 2 N–H and O–H groups in total. The number of likely N-dealkylation sites (N-methyl/N-ethyl adjacent to an activating group) is 1. The third kappa shape index (κ3) is 9.22. The zero-order chi connectivity index (χ0) is 51.3. The molecule has 394 valence electrons. The van der Waals surface area contributed by atoms with E-state index < -0.39 is 23.4 Å². The van der Waals surface area contributed by atoms with E-state index in [-0.39, 0.29) is 60.9 Å². The van der Waals surface area contributed by atoms with Crippen LogP contribution in [0, 0.1) is 11.3 Å². The number of rotatable bonds is 15. The number of alkyl halides is 1. The van der Waals surface area contributed by atoms with Crippen LogP contribution in [0.1, 0.15) is 133 Å². The molecular formula is C57H74FN11O5. The van der Waals surface area contributed by atoms with E-state index in [4.69, 9.17) is 9.97 Å². The number of hydrogen-bond acceptors (Lipinski definition) is 11. The zero-order valence-electron chi connectivity index (χ0n) is 43.6. The molecule has 4 aromatic rings. The first-order valence-corrected chi connectivity index (χ1v) is 27.8. The van der Waals surface area contributed by atoms with Gasteiger partial charge in [-0.05, 0) is 140 Å². The average Bonchev–Trinajstić information content (AvgIpc) is 4.10. The molecule has 16 nitrogen and oxygen atoms in total. The number of halogens is 1. The van der Waals surface area contributed by atoms with Crippen LogP contribution in [0.25, 0.3) is 22.3 Å². The monoisotopic (exact) mass is 1010 g/mol. The summed E-state index contributed by atoms with van der Waals surface area (Å²) in [5, 5.41) is 6.37. The molecule has 2 aliphatic carbocycles. The van der Waals surface area contributed by atoms with E-state index in [0.29, 0.717) is 83.5 Å². The number of pyridine rings is 2. The average molecular weight is 1010 g/mol. The van der Waals surface area contributed by atoms with E-state index in [9.17, 15) is 19.2 Å². The zero-order valence-corrected chi connectivity index (χ0v) is 43.6. The maximum atomic E-state index is 15.4. The number of amides is 4. The Bertz CT molecular complexity index is 2740. The highest BCUT2D eigenvalue weighted by molar-refractivity contribution is 6.09. The number of aldehydes is 1. The first kappa shape index (κ1) is 50.2. The number of likely N-dealkylation sites (tertiary alicyclic amines) is 3. The second kappa shape index (κ2) is 20.6. The van der Waals surface area contributed by atoms with Crippen molar-refractivity contribution >= 4 is 58.3 Å². The molecule has 5 aliphatic heterocycles. The van der Waals surface area contributed by atoms with E-state index in [1.165, 1.54) is 19.3 Å². The summed E-state index contributed by atoms with van der Waals surface area (Å²) in [7, 11) is 1.58. The van der Waals surface area contributed by atoms with Crippen LogP contribution < -0.4 is 20.4 Å². The molecule has 8 heterocycles. The molecular weight excluding hydrogens is 938 g/mol. The summed E-state index contributed by atoms with van der Waals surface area (Å²) in [4.78, 5) is 92.7. The molecule has 2 saturated carbocycles. The van der Waals surface area contributed by atoms with Gasteiger partial charge in [0.25, 0.3) is 0 Å². The summed E-state index contributed by atoms with van der Waals surface area (Å²) in [5.74, 6) is 0.832. The molecule has 6 fully saturated rings. The van der Waals surface area contributed by atoms with Crippen LogP contribution in [0.15, 0.2) is 48.9 Å². The maximum Gasteiger partial charge on any atom is 0.238 e. The highest BCUT2D eigenvalue weighted by atomic mass is 19.1. The predicted octanol–water partition coefficient (Wildman–Crippen LogP) is 7.18. The minimum Gasteiger partial charge on any atom is -0.366 e. The van der Waals surface area contributed by atoms with Crippen molar-refractivity contribution in [2.45, 2.75) is 146 Å². The third-order valence-corrected chi connectivity index (χ3v) is 18.2. The fourth-order valence-electron chi connectivity index (χ4n) is 13.3. The smallest absolute Gasteiger partial charge is 0.238 e. The Labute approximate surface area is 434 Å². The van der Waals surface area contributed by atoms with Gasteiger partial charge in [0.15, 0.2) is 5.82 Å². The number of carbonyl (C=O) groups is 5. The van der Waals surface area contributed by atoms with Crippen molar-refractivity contribution in [3.63, 3.8) is 0 Å². The largest absolute Gasteiger partial charge is 0.366 e. The van der Waals surface area contributed by atoms with E-state index in [1.54, 1.807) is 13.2 Å². The number of fused-ring (bicyclic) bond motifs is 3. The number of benzene rings is 1. The Hall–Kier alpha value is -5.97. The molecule has 4 amide bonds. The van der Waals surface area contributed by atoms with E-state index in [2.05, 4.69) is 73.0 Å². The Morgan fingerprint density at radius 2 is 1.58 bits per heavy atom. The molecule has 3 aromatic heterocycles. The van der Waals surface area contributed by atoms with Crippen molar-refractivity contribution < 1.29 is 28.4 Å². The van der Waals surface area contributed by atoms with Gasteiger partial charge in [0.1, 0.15) is 24.3 Å². The van der Waals surface area contributed by atoms with Crippen LogP contribution in [0.5, 0.6) is 0 Å². The SMILES string of the molecule is CNC(=O)C(CCC=O)c1ccc(N2CCC(C(=O)N3CCC(CF)(C(=O)N4CCC5(CC4)C(=O)N(C4CC(N6CCCCC6)C4)c4cc(-c6cc7ncn(C(C)C)c7c(NC7CC7)n6)ccc45)CC3)CC2)nc1. The molecule has 11 rings (SSSR count). The van der Waals surface area contributed by atoms with Crippen molar-refractivity contribution in [1.29, 1.82) is 0 Å². The lowest BCUT2D eigenvalue weighted by molar-refractivity contribution is -0.153. The standard InChI is InChI=1S/C57H74FN11O5/c1-37(2)68-36-61-47-33-46(63-51(50(47)68)62-41-11-12-41)39-9-13-45-48(30-39)69(43-31-42(32-43)64-21-5-4-6-22-64)55(74)57(45)19-27-67(28-20-57)54(73)56(35-58)17-25-66(26-18-56)53(72)38-15-23-65(24-16-38)49-14-10-40(34-60-49)44(8-7-29-70)52(71)59-3/h9-10,13-14,29-30,33-34,36-38,41-44H,4-8,11-12,15-28,31-32,35H2,1-3H3,(H,59,71)(H,62,63). The highest BCUT2D eigenvalue weighted by Crippen LogP contribution is 2.53. The van der Waals surface area contributed by atoms with E-state index >= 15 is 9.18 Å². The molecule has 7 aliphatic rings. The van der Waals surface area contributed by atoms with Crippen molar-refractivity contribution in [1.82, 2.24) is 39.5 Å². The van der Waals surface area contributed by atoms with Gasteiger partial charge in [-0.1, -0.05) is 24.6 Å². The molecule has 17 heteroatoms. The van der Waals surface area contributed by atoms with Crippen LogP contribution in [0.3, 0.4) is 0 Å². The summed E-state index contributed by atoms with van der Waals surface area (Å²) >= 11 is 0. The van der Waals surface area contributed by atoms with Gasteiger partial charge in [0.05, 0.1) is 34.3 Å². The second-order valence-corrected chi connectivity index (χ2v) is 22.9. The molecule has 1 atom stereocenters. The Kier molecular flexibility index (Phi) is 14.0. The first-order chi connectivity index (χ1) is 35.9. The lowest BCUT2D eigenvalue weighted by Gasteiger charge is -2.48. The normalized spacial score (nSPS) is 23.5. The Morgan fingerprint density at radius 3 is 2.23 bits per heavy atom. The number of carbonyl (C=O) groups excluding carboxylic acids is 5. The lowest BCUT2D eigenvalue weighted by atomic mass is 9.72. The van der Waals surface area contributed by atoms with Crippen molar-refractivity contribution in [2.24, 2.45) is 11.3 Å². The van der Waals surface area contributed by atoms with Gasteiger partial charge in [0, 0.05) is 100 Å². The fourth-order valence-corrected chi connectivity index (χ4v) is 13.3. The molecule has 1 aromatic carbocycles. The lowest BCUT2D eigenvalue weighted by Crippen LogP contribution is -2.59. The number of aromatic nitrogens is 4. The van der Waals surface area contributed by atoms with Gasteiger partial charge in [-0.3, -0.25) is 19.2 Å². The van der Waals surface area contributed by atoms with Gasteiger partial charge in [-0.15, -0.1) is 0 Å². The number of imidazole rings is 1. The molecule has 0 bridgehead atoms. The van der Waals surface area contributed by atoms with Crippen LogP contribution in [-0.2, 0) is 29.4 Å². The van der Waals surface area contributed by atoms with E-state index in [1.807, 2.05) is 28.3 Å². The van der Waals surface area contributed by atoms with Crippen molar-refractivity contribution in [2.75, 3.05) is 81.2 Å². The quantitative estimate of drug-likeness (QED) is 0.116. The second-order valence-electron chi connectivity index (χ2n) is 22.9. The number of anilines is 3. The topological polar surface area (TPSA) is 169 Å². The van der Waals surface area contributed by atoms with Gasteiger partial charge >= 0.3 is 0 Å². The number of hydrogen-bond donors (Lipinski definition) is 2. The van der Waals surface area contributed by atoms with Gasteiger partial charge in [-0.2, -0.15) is 0 Å². The number of nitrogens with one attached hydrogen (secondary N) is 2. The van der Waals surface area contributed by atoms with Crippen LogP contribution in [-0.4, -0.2) is 148 Å². The van der Waals surface area contributed by atoms with Gasteiger partial charge in [-0.25, -0.2) is 19.3 Å². The highest BCUT2D eigenvalue weighted by Gasteiger charge is 2.57.